The minimum absolute atomic E-state index is 0.195. The monoisotopic (exact) mass is 335 g/mol. The molecule has 130 valence electrons. The summed E-state index contributed by atoms with van der Waals surface area (Å²) in [5, 5.41) is 5.18. The normalized spacial score (nSPS) is 16.1. The van der Waals surface area contributed by atoms with Crippen LogP contribution < -0.4 is 16.4 Å². The van der Waals surface area contributed by atoms with E-state index in [0.29, 0.717) is 17.9 Å². The van der Waals surface area contributed by atoms with Gasteiger partial charge in [0.05, 0.1) is 0 Å². The molecule has 0 heterocycles. The maximum Gasteiger partial charge on any atom is 0.243 e. The Bertz CT molecular complexity index is 614. The molecule has 7 heteroatoms. The highest BCUT2D eigenvalue weighted by Gasteiger charge is 2.31. The van der Waals surface area contributed by atoms with E-state index in [4.69, 9.17) is 5.73 Å². The van der Waals surface area contributed by atoms with Crippen molar-refractivity contribution in [3.63, 3.8) is 0 Å². The Morgan fingerprint density at radius 2 is 1.79 bits per heavy atom. The van der Waals surface area contributed by atoms with Crippen LogP contribution in [0.25, 0.3) is 0 Å². The minimum atomic E-state index is -0.853. The van der Waals surface area contributed by atoms with Crippen LogP contribution in [0.2, 0.25) is 0 Å². The van der Waals surface area contributed by atoms with E-state index in [0.717, 1.165) is 12.8 Å². The molecule has 1 aliphatic carbocycles. The first-order chi connectivity index (χ1) is 11.3. The molecule has 3 amide bonds. The number of hydrogen-bond donors (Lipinski definition) is 3. The van der Waals surface area contributed by atoms with Gasteiger partial charge in [-0.3, -0.25) is 14.4 Å². The summed E-state index contributed by atoms with van der Waals surface area (Å²) >= 11 is 0. The summed E-state index contributed by atoms with van der Waals surface area (Å²) in [5.41, 5.74) is 6.05. The fraction of sp³-hybridized carbons (Fsp3) is 0.471. The molecule has 0 radical (unpaired) electrons. The number of rotatable bonds is 8. The van der Waals surface area contributed by atoms with E-state index >= 15 is 0 Å². The fourth-order valence-corrected chi connectivity index (χ4v) is 2.52. The van der Waals surface area contributed by atoms with Gasteiger partial charge < -0.3 is 16.4 Å². The molecule has 1 aromatic rings. The third-order valence-corrected chi connectivity index (χ3v) is 3.97. The number of carbonyl (C=O) groups is 3. The number of nitrogens with two attached hydrogens (primary N) is 1. The summed E-state index contributed by atoms with van der Waals surface area (Å²) in [6.45, 7) is 1.31. The van der Waals surface area contributed by atoms with Gasteiger partial charge in [0.15, 0.2) is 0 Å². The van der Waals surface area contributed by atoms with Gasteiger partial charge in [-0.1, -0.05) is 25.0 Å². The molecule has 0 spiro atoms. The zero-order valence-electron chi connectivity index (χ0n) is 13.5. The van der Waals surface area contributed by atoms with Crippen LogP contribution in [0.4, 0.5) is 4.39 Å². The maximum absolute atomic E-state index is 13.0. The number of primary amides is 1. The van der Waals surface area contributed by atoms with Crippen LogP contribution in [0.5, 0.6) is 0 Å². The van der Waals surface area contributed by atoms with Crippen molar-refractivity contribution in [3.05, 3.63) is 35.6 Å². The van der Waals surface area contributed by atoms with Crippen molar-refractivity contribution in [1.82, 2.24) is 10.6 Å². The number of amides is 3. The molecule has 0 unspecified atom stereocenters. The lowest BCUT2D eigenvalue weighted by molar-refractivity contribution is -0.131. The predicted molar refractivity (Wildman–Crippen MR) is 86.2 cm³/mol. The molecule has 0 saturated heterocycles. The first kappa shape index (κ1) is 17.9. The third kappa shape index (κ3) is 5.64. The van der Waals surface area contributed by atoms with E-state index in [9.17, 15) is 18.8 Å². The zero-order valence-corrected chi connectivity index (χ0v) is 13.5. The van der Waals surface area contributed by atoms with Gasteiger partial charge in [0.1, 0.15) is 17.9 Å². The van der Waals surface area contributed by atoms with E-state index in [2.05, 4.69) is 10.6 Å². The number of nitrogens with one attached hydrogen (secondary N) is 2. The van der Waals surface area contributed by atoms with Crippen molar-refractivity contribution in [2.75, 3.05) is 0 Å². The lowest BCUT2D eigenvalue weighted by Gasteiger charge is -2.21. The molecule has 6 nitrogen and oxygen atoms in total. The molecule has 2 atom stereocenters. The number of carbonyl (C=O) groups excluding carboxylic acids is 3. The van der Waals surface area contributed by atoms with Crippen LogP contribution in [0, 0.1) is 11.7 Å². The molecule has 0 aliphatic heterocycles. The number of benzene rings is 1. The summed E-state index contributed by atoms with van der Waals surface area (Å²) < 4.78 is 13.0. The van der Waals surface area contributed by atoms with Crippen LogP contribution in [0.15, 0.2) is 24.3 Å². The molecule has 1 aliphatic rings. The van der Waals surface area contributed by atoms with Crippen molar-refractivity contribution < 1.29 is 18.8 Å². The summed E-state index contributed by atoms with van der Waals surface area (Å²) in [4.78, 5) is 35.3. The average molecular weight is 335 g/mol. The van der Waals surface area contributed by atoms with E-state index in [1.807, 2.05) is 0 Å². The van der Waals surface area contributed by atoms with Crippen LogP contribution in [-0.4, -0.2) is 29.8 Å². The van der Waals surface area contributed by atoms with Gasteiger partial charge in [-0.15, -0.1) is 0 Å². The lowest BCUT2D eigenvalue weighted by atomic mass is 10.0. The first-order valence-electron chi connectivity index (χ1n) is 7.96. The molecule has 0 bridgehead atoms. The minimum Gasteiger partial charge on any atom is -0.368 e. The Hall–Kier alpha value is -2.44. The third-order valence-electron chi connectivity index (χ3n) is 3.97. The van der Waals surface area contributed by atoms with Gasteiger partial charge in [-0.25, -0.2) is 4.39 Å². The Morgan fingerprint density at radius 1 is 1.17 bits per heavy atom. The van der Waals surface area contributed by atoms with Gasteiger partial charge in [0.25, 0.3) is 0 Å². The second-order valence-electron chi connectivity index (χ2n) is 6.23. The summed E-state index contributed by atoms with van der Waals surface area (Å²) in [6, 6.07) is 4.08. The van der Waals surface area contributed by atoms with Crippen molar-refractivity contribution in [1.29, 1.82) is 0 Å². The molecule has 1 fully saturated rings. The second kappa shape index (κ2) is 7.90. The Kier molecular flexibility index (Phi) is 5.89. The topological polar surface area (TPSA) is 101 Å². The highest BCUT2D eigenvalue weighted by atomic mass is 19.1. The SMILES string of the molecule is CC(=O)N[C@@H](Cc1ccc(F)cc1)C(=O)N[C@H](CC1CC1)C(N)=O. The smallest absolute Gasteiger partial charge is 0.243 e. The molecule has 1 saturated carbocycles. The van der Waals surface area contributed by atoms with Crippen LogP contribution in [0.3, 0.4) is 0 Å². The molecular formula is C17H22FN3O3. The van der Waals surface area contributed by atoms with E-state index < -0.39 is 23.9 Å². The largest absolute Gasteiger partial charge is 0.368 e. The Balaban J connectivity index is 2.04. The lowest BCUT2D eigenvalue weighted by Crippen LogP contribution is -2.53. The quantitative estimate of drug-likeness (QED) is 0.650. The Morgan fingerprint density at radius 3 is 2.29 bits per heavy atom. The molecule has 24 heavy (non-hydrogen) atoms. The van der Waals surface area contributed by atoms with Gasteiger partial charge in [0, 0.05) is 13.3 Å². The average Bonchev–Trinajstić information content (AvgIpc) is 3.31. The van der Waals surface area contributed by atoms with Gasteiger partial charge >= 0.3 is 0 Å². The van der Waals surface area contributed by atoms with Crippen LogP contribution in [0.1, 0.15) is 31.7 Å². The Labute approximate surface area is 140 Å². The van der Waals surface area contributed by atoms with Crippen molar-refractivity contribution in [2.45, 2.75) is 44.7 Å². The first-order valence-corrected chi connectivity index (χ1v) is 7.96. The fourth-order valence-electron chi connectivity index (χ4n) is 2.52. The van der Waals surface area contributed by atoms with Crippen LogP contribution in [-0.2, 0) is 20.8 Å². The summed E-state index contributed by atoms with van der Waals surface area (Å²) in [6.07, 6.45) is 2.78. The maximum atomic E-state index is 13.0. The highest BCUT2D eigenvalue weighted by Crippen LogP contribution is 2.33. The van der Waals surface area contributed by atoms with Gasteiger partial charge in [-0.05, 0) is 30.0 Å². The summed E-state index contributed by atoms with van der Waals surface area (Å²) in [5.74, 6) is -1.38. The zero-order chi connectivity index (χ0) is 17.7. The van der Waals surface area contributed by atoms with Gasteiger partial charge in [0.2, 0.25) is 17.7 Å². The van der Waals surface area contributed by atoms with Crippen LogP contribution >= 0.6 is 0 Å². The summed E-state index contributed by atoms with van der Waals surface area (Å²) in [7, 11) is 0. The molecule has 4 N–H and O–H groups in total. The predicted octanol–water partition coefficient (Wildman–Crippen LogP) is 0.643. The highest BCUT2D eigenvalue weighted by molar-refractivity contribution is 5.91. The molecule has 0 aromatic heterocycles. The van der Waals surface area contributed by atoms with Crippen molar-refractivity contribution >= 4 is 17.7 Å². The number of halogens is 1. The standard InChI is InChI=1S/C17H22FN3O3/c1-10(22)20-15(9-12-4-6-13(18)7-5-12)17(24)21-14(16(19)23)8-11-2-3-11/h4-7,11,14-15H,2-3,8-9H2,1H3,(H2,19,23)(H,20,22)(H,21,24)/t14-,15+/m1/s1. The number of hydrogen-bond acceptors (Lipinski definition) is 3. The van der Waals surface area contributed by atoms with E-state index in [1.165, 1.54) is 19.1 Å². The van der Waals surface area contributed by atoms with Crippen molar-refractivity contribution in [3.8, 4) is 0 Å². The van der Waals surface area contributed by atoms with Gasteiger partial charge in [-0.2, -0.15) is 0 Å². The van der Waals surface area contributed by atoms with E-state index in [-0.39, 0.29) is 18.1 Å². The molecular weight excluding hydrogens is 313 g/mol. The second-order valence-corrected chi connectivity index (χ2v) is 6.23. The van der Waals surface area contributed by atoms with E-state index in [1.54, 1.807) is 12.1 Å². The molecule has 1 aromatic carbocycles. The molecule has 2 rings (SSSR count). The van der Waals surface area contributed by atoms with Crippen molar-refractivity contribution in [2.24, 2.45) is 11.7 Å².